The number of rotatable bonds is 8. The van der Waals surface area contributed by atoms with Gasteiger partial charge in [0.15, 0.2) is 11.5 Å². The lowest BCUT2D eigenvalue weighted by Crippen LogP contribution is -2.13. The van der Waals surface area contributed by atoms with Crippen LogP contribution in [0.3, 0.4) is 0 Å². The summed E-state index contributed by atoms with van der Waals surface area (Å²) < 4.78 is 37.9. The van der Waals surface area contributed by atoms with Gasteiger partial charge in [0, 0.05) is 11.8 Å². The van der Waals surface area contributed by atoms with Crippen LogP contribution in [0, 0.1) is 0 Å². The zero-order valence-electron chi connectivity index (χ0n) is 14.2. The number of hydrogen-bond donors (Lipinski definition) is 1. The van der Waals surface area contributed by atoms with Crippen molar-refractivity contribution in [2.75, 3.05) is 18.9 Å². The topological polar surface area (TPSA) is 64.6 Å². The van der Waals surface area contributed by atoms with Crippen molar-refractivity contribution >= 4 is 15.7 Å². The molecule has 2 rings (SSSR count). The van der Waals surface area contributed by atoms with E-state index in [-0.39, 0.29) is 4.90 Å². The molecular formula is C18H23NO4S. The van der Waals surface area contributed by atoms with E-state index >= 15 is 0 Å². The van der Waals surface area contributed by atoms with Crippen LogP contribution in [0.4, 0.5) is 5.69 Å². The summed E-state index contributed by atoms with van der Waals surface area (Å²) in [4.78, 5) is 0.121. The van der Waals surface area contributed by atoms with Crippen molar-refractivity contribution in [1.82, 2.24) is 0 Å². The second-order valence-corrected chi connectivity index (χ2v) is 7.11. The van der Waals surface area contributed by atoms with E-state index in [2.05, 4.69) is 11.6 Å². The van der Waals surface area contributed by atoms with Gasteiger partial charge in [-0.25, -0.2) is 8.42 Å². The highest BCUT2D eigenvalue weighted by molar-refractivity contribution is 7.92. The standard InChI is InChI=1S/C18H23NO4S/c1-4-5-6-14-7-9-15(10-8-14)19-24(20,21)16-11-12-17(22-2)18(13-16)23-3/h7-13,19H,4-6H2,1-3H3. The third-order valence-electron chi connectivity index (χ3n) is 3.69. The molecule has 2 aromatic rings. The lowest BCUT2D eigenvalue weighted by atomic mass is 10.1. The molecule has 6 heteroatoms. The van der Waals surface area contributed by atoms with Gasteiger partial charge in [-0.3, -0.25) is 4.72 Å². The number of anilines is 1. The molecule has 0 atom stereocenters. The summed E-state index contributed by atoms with van der Waals surface area (Å²) in [5.74, 6) is 0.854. The fourth-order valence-corrected chi connectivity index (χ4v) is 3.39. The zero-order valence-corrected chi connectivity index (χ0v) is 15.0. The average Bonchev–Trinajstić information content (AvgIpc) is 2.60. The molecule has 0 aliphatic rings. The Morgan fingerprint density at radius 1 is 0.958 bits per heavy atom. The molecule has 0 aromatic heterocycles. The molecule has 2 aromatic carbocycles. The van der Waals surface area contributed by atoms with Gasteiger partial charge < -0.3 is 9.47 Å². The number of sulfonamides is 1. The van der Waals surface area contributed by atoms with Crippen LogP contribution in [-0.2, 0) is 16.4 Å². The van der Waals surface area contributed by atoms with Gasteiger partial charge in [0.2, 0.25) is 0 Å². The highest BCUT2D eigenvalue weighted by Gasteiger charge is 2.17. The molecule has 5 nitrogen and oxygen atoms in total. The second kappa shape index (κ2) is 8.06. The van der Waals surface area contributed by atoms with Crippen molar-refractivity contribution in [3.63, 3.8) is 0 Å². The molecule has 0 unspecified atom stereocenters. The van der Waals surface area contributed by atoms with Crippen LogP contribution in [0.25, 0.3) is 0 Å². The summed E-state index contributed by atoms with van der Waals surface area (Å²) in [6.07, 6.45) is 3.25. The normalized spacial score (nSPS) is 11.1. The molecule has 0 fully saturated rings. The van der Waals surface area contributed by atoms with Crippen LogP contribution in [0.15, 0.2) is 47.4 Å². The molecule has 0 saturated carbocycles. The third kappa shape index (κ3) is 4.41. The minimum atomic E-state index is -3.69. The van der Waals surface area contributed by atoms with Gasteiger partial charge in [-0.2, -0.15) is 0 Å². The smallest absolute Gasteiger partial charge is 0.262 e. The summed E-state index contributed by atoms with van der Waals surface area (Å²) in [5, 5.41) is 0. The van der Waals surface area contributed by atoms with Gasteiger partial charge in [-0.1, -0.05) is 25.5 Å². The van der Waals surface area contributed by atoms with Crippen molar-refractivity contribution < 1.29 is 17.9 Å². The quantitative estimate of drug-likeness (QED) is 0.786. The molecule has 0 saturated heterocycles. The first kappa shape index (κ1) is 18.1. The van der Waals surface area contributed by atoms with Crippen LogP contribution in [0.2, 0.25) is 0 Å². The fraction of sp³-hybridized carbons (Fsp3) is 0.333. The first-order valence-corrected chi connectivity index (χ1v) is 9.32. The van der Waals surface area contributed by atoms with Gasteiger partial charge in [-0.15, -0.1) is 0 Å². The number of hydrogen-bond acceptors (Lipinski definition) is 4. The Labute approximate surface area is 143 Å². The van der Waals surface area contributed by atoms with Crippen LogP contribution >= 0.6 is 0 Å². The second-order valence-electron chi connectivity index (χ2n) is 5.42. The van der Waals surface area contributed by atoms with Crippen LogP contribution < -0.4 is 14.2 Å². The van der Waals surface area contributed by atoms with Gasteiger partial charge in [0.05, 0.1) is 19.1 Å². The number of aryl methyl sites for hydroxylation is 1. The monoisotopic (exact) mass is 349 g/mol. The van der Waals surface area contributed by atoms with E-state index in [4.69, 9.17) is 9.47 Å². The Balaban J connectivity index is 2.19. The van der Waals surface area contributed by atoms with Crippen molar-refractivity contribution in [3.05, 3.63) is 48.0 Å². The van der Waals surface area contributed by atoms with Gasteiger partial charge in [0.25, 0.3) is 10.0 Å². The van der Waals surface area contributed by atoms with Gasteiger partial charge in [-0.05, 0) is 42.7 Å². The average molecular weight is 349 g/mol. The predicted octanol–water partition coefficient (Wildman–Crippen LogP) is 3.85. The highest BCUT2D eigenvalue weighted by Crippen LogP contribution is 2.30. The maximum Gasteiger partial charge on any atom is 0.262 e. The van der Waals surface area contributed by atoms with E-state index in [1.165, 1.54) is 31.9 Å². The van der Waals surface area contributed by atoms with Crippen LogP contribution in [0.1, 0.15) is 25.3 Å². The van der Waals surface area contributed by atoms with E-state index in [9.17, 15) is 8.42 Å². The minimum absolute atomic E-state index is 0.121. The van der Waals surface area contributed by atoms with Crippen molar-refractivity contribution in [2.45, 2.75) is 31.1 Å². The molecular weight excluding hydrogens is 326 g/mol. The zero-order chi connectivity index (χ0) is 17.6. The molecule has 0 spiro atoms. The predicted molar refractivity (Wildman–Crippen MR) is 95.4 cm³/mol. The van der Waals surface area contributed by atoms with Crippen LogP contribution in [-0.4, -0.2) is 22.6 Å². The van der Waals surface area contributed by atoms with Gasteiger partial charge in [0.1, 0.15) is 0 Å². The summed E-state index contributed by atoms with van der Waals surface area (Å²) in [7, 11) is -0.713. The molecule has 0 aliphatic carbocycles. The molecule has 0 radical (unpaired) electrons. The fourth-order valence-electron chi connectivity index (χ4n) is 2.32. The summed E-state index contributed by atoms with van der Waals surface area (Å²) in [6.45, 7) is 2.14. The minimum Gasteiger partial charge on any atom is -0.493 e. The first-order valence-electron chi connectivity index (χ1n) is 7.84. The third-order valence-corrected chi connectivity index (χ3v) is 5.07. The molecule has 24 heavy (non-hydrogen) atoms. The number of unbranched alkanes of at least 4 members (excludes halogenated alkanes) is 1. The number of nitrogens with one attached hydrogen (secondary N) is 1. The van der Waals surface area contributed by atoms with Crippen molar-refractivity contribution in [1.29, 1.82) is 0 Å². The largest absolute Gasteiger partial charge is 0.493 e. The summed E-state index contributed by atoms with van der Waals surface area (Å²) in [5.41, 5.74) is 1.73. The van der Waals surface area contributed by atoms with E-state index < -0.39 is 10.0 Å². The van der Waals surface area contributed by atoms with Crippen molar-refractivity contribution in [3.8, 4) is 11.5 Å². The number of benzene rings is 2. The molecule has 0 amide bonds. The SMILES string of the molecule is CCCCc1ccc(NS(=O)(=O)c2ccc(OC)c(OC)c2)cc1. The summed E-state index contributed by atoms with van der Waals surface area (Å²) in [6, 6.07) is 12.0. The lowest BCUT2D eigenvalue weighted by Gasteiger charge is -2.12. The molecule has 0 heterocycles. The Morgan fingerprint density at radius 3 is 2.21 bits per heavy atom. The summed E-state index contributed by atoms with van der Waals surface area (Å²) >= 11 is 0. The van der Waals surface area contributed by atoms with Gasteiger partial charge >= 0.3 is 0 Å². The maximum atomic E-state index is 12.5. The van der Waals surface area contributed by atoms with Crippen LogP contribution in [0.5, 0.6) is 11.5 Å². The lowest BCUT2D eigenvalue weighted by molar-refractivity contribution is 0.354. The number of methoxy groups -OCH3 is 2. The molecule has 0 bridgehead atoms. The highest BCUT2D eigenvalue weighted by atomic mass is 32.2. The Morgan fingerprint density at radius 2 is 1.62 bits per heavy atom. The van der Waals surface area contributed by atoms with E-state index in [0.717, 1.165) is 19.3 Å². The Kier molecular flexibility index (Phi) is 6.09. The molecule has 130 valence electrons. The van der Waals surface area contributed by atoms with E-state index in [1.807, 2.05) is 12.1 Å². The number of ether oxygens (including phenoxy) is 2. The molecule has 1 N–H and O–H groups in total. The Bertz CT molecular complexity index is 770. The van der Waals surface area contributed by atoms with Crippen molar-refractivity contribution in [2.24, 2.45) is 0 Å². The molecule has 0 aliphatic heterocycles. The van der Waals surface area contributed by atoms with E-state index in [1.54, 1.807) is 18.2 Å². The Hall–Kier alpha value is -2.21. The first-order chi connectivity index (χ1) is 11.5. The van der Waals surface area contributed by atoms with E-state index in [0.29, 0.717) is 17.2 Å². The maximum absolute atomic E-state index is 12.5.